The lowest BCUT2D eigenvalue weighted by Gasteiger charge is -1.97. The molecule has 0 aromatic carbocycles. The Kier molecular flexibility index (Phi) is 3.87. The number of hydrogen-bond donors (Lipinski definition) is 1. The quantitative estimate of drug-likeness (QED) is 0.851. The third-order valence-electron chi connectivity index (χ3n) is 1.55. The van der Waals surface area contributed by atoms with Crippen LogP contribution < -0.4 is 4.72 Å². The zero-order valence-electron chi connectivity index (χ0n) is 7.90. The van der Waals surface area contributed by atoms with E-state index >= 15 is 0 Å². The van der Waals surface area contributed by atoms with Gasteiger partial charge in [0, 0.05) is 4.47 Å². The topological polar surface area (TPSA) is 72.5 Å². The van der Waals surface area contributed by atoms with Crippen molar-refractivity contribution in [3.63, 3.8) is 0 Å². The van der Waals surface area contributed by atoms with Crippen LogP contribution in [0.25, 0.3) is 0 Å². The Morgan fingerprint density at radius 3 is 2.67 bits per heavy atom. The third kappa shape index (κ3) is 2.57. The molecule has 0 aliphatic carbocycles. The van der Waals surface area contributed by atoms with Gasteiger partial charge in [-0.05, 0) is 29.0 Å². The van der Waals surface area contributed by atoms with Crippen molar-refractivity contribution in [2.45, 2.75) is 4.21 Å². The second-order valence-electron chi connectivity index (χ2n) is 2.45. The van der Waals surface area contributed by atoms with Gasteiger partial charge in [-0.25, -0.2) is 17.9 Å². The predicted octanol–water partition coefficient (Wildman–Crippen LogP) is 1.21. The van der Waals surface area contributed by atoms with Gasteiger partial charge in [0.05, 0.1) is 7.11 Å². The van der Waals surface area contributed by atoms with Crippen molar-refractivity contribution in [2.24, 2.45) is 0 Å². The molecule has 0 bridgehead atoms. The molecule has 1 N–H and O–H groups in total. The van der Waals surface area contributed by atoms with Gasteiger partial charge in [0.1, 0.15) is 9.09 Å². The summed E-state index contributed by atoms with van der Waals surface area (Å²) in [6.45, 7) is 0. The number of esters is 1. The van der Waals surface area contributed by atoms with E-state index in [2.05, 4.69) is 25.4 Å². The molecule has 0 amide bonds. The summed E-state index contributed by atoms with van der Waals surface area (Å²) < 4.78 is 30.0. The van der Waals surface area contributed by atoms with Crippen molar-refractivity contribution < 1.29 is 17.9 Å². The summed E-state index contributed by atoms with van der Waals surface area (Å²) >= 11 is 3.93. The molecule has 0 atom stereocenters. The lowest BCUT2D eigenvalue weighted by molar-refractivity contribution is 0.0606. The van der Waals surface area contributed by atoms with Crippen LogP contribution in [0.3, 0.4) is 0 Å². The van der Waals surface area contributed by atoms with Crippen molar-refractivity contribution in [3.8, 4) is 0 Å². The number of carbonyl (C=O) groups excluding carboxylic acids is 1. The van der Waals surface area contributed by atoms with E-state index in [-0.39, 0.29) is 9.09 Å². The average molecular weight is 314 g/mol. The first-order valence-electron chi connectivity index (χ1n) is 3.73. The third-order valence-corrected chi connectivity index (χ3v) is 5.77. The Morgan fingerprint density at radius 1 is 1.60 bits per heavy atom. The molecular weight excluding hydrogens is 306 g/mol. The van der Waals surface area contributed by atoms with Gasteiger partial charge in [-0.15, -0.1) is 11.3 Å². The smallest absolute Gasteiger partial charge is 0.348 e. The molecule has 1 aromatic rings. The molecule has 0 saturated heterocycles. The molecule has 1 rings (SSSR count). The Balaban J connectivity index is 3.24. The molecule has 1 heterocycles. The van der Waals surface area contributed by atoms with Crippen molar-refractivity contribution in [1.82, 2.24) is 4.72 Å². The largest absolute Gasteiger partial charge is 0.465 e. The Labute approximate surface area is 99.6 Å². The van der Waals surface area contributed by atoms with Gasteiger partial charge < -0.3 is 4.74 Å². The van der Waals surface area contributed by atoms with Crippen LogP contribution in [-0.4, -0.2) is 28.5 Å². The molecule has 8 heteroatoms. The highest BCUT2D eigenvalue weighted by atomic mass is 79.9. The Morgan fingerprint density at radius 2 is 2.20 bits per heavy atom. The fourth-order valence-electron chi connectivity index (χ4n) is 0.829. The number of ether oxygens (including phenoxy) is 1. The van der Waals surface area contributed by atoms with Crippen LogP contribution in [0.2, 0.25) is 0 Å². The standard InChI is InChI=1S/C7H8BrNO4S2/c1-9-15(11,12)7-4(8)3-5(14-7)6(10)13-2/h3,9H,1-2H3. The van der Waals surface area contributed by atoms with Gasteiger partial charge in [0.15, 0.2) is 0 Å². The molecule has 0 saturated carbocycles. The van der Waals surface area contributed by atoms with Gasteiger partial charge in [-0.1, -0.05) is 0 Å². The molecule has 0 radical (unpaired) electrons. The Hall–Kier alpha value is -0.440. The molecule has 0 spiro atoms. The zero-order valence-corrected chi connectivity index (χ0v) is 11.1. The maximum Gasteiger partial charge on any atom is 0.348 e. The van der Waals surface area contributed by atoms with E-state index < -0.39 is 16.0 Å². The summed E-state index contributed by atoms with van der Waals surface area (Å²) in [5.74, 6) is -0.557. The number of hydrogen-bond acceptors (Lipinski definition) is 5. The van der Waals surface area contributed by atoms with Crippen LogP contribution in [0.15, 0.2) is 14.7 Å². The van der Waals surface area contributed by atoms with Gasteiger partial charge in [-0.2, -0.15) is 0 Å². The number of rotatable bonds is 3. The minimum Gasteiger partial charge on any atom is -0.465 e. The molecule has 15 heavy (non-hydrogen) atoms. The van der Waals surface area contributed by atoms with Crippen LogP contribution in [0, 0.1) is 0 Å². The fraction of sp³-hybridized carbons (Fsp3) is 0.286. The maximum atomic E-state index is 11.5. The summed E-state index contributed by atoms with van der Waals surface area (Å²) in [5, 5.41) is 0. The van der Waals surface area contributed by atoms with E-state index in [1.54, 1.807) is 0 Å². The first-order chi connectivity index (χ1) is 6.92. The second kappa shape index (κ2) is 4.60. The van der Waals surface area contributed by atoms with E-state index in [1.165, 1.54) is 20.2 Å². The number of sulfonamides is 1. The molecule has 0 aliphatic rings. The van der Waals surface area contributed by atoms with Crippen LogP contribution in [0.1, 0.15) is 9.67 Å². The lowest BCUT2D eigenvalue weighted by atomic mass is 10.5. The molecular formula is C7H8BrNO4S2. The number of methoxy groups -OCH3 is 1. The van der Waals surface area contributed by atoms with Crippen molar-refractivity contribution in [3.05, 3.63) is 15.4 Å². The van der Waals surface area contributed by atoms with Crippen LogP contribution in [0.4, 0.5) is 0 Å². The summed E-state index contributed by atoms with van der Waals surface area (Å²) in [7, 11) is -0.993. The second-order valence-corrected chi connectivity index (χ2v) is 6.43. The van der Waals surface area contributed by atoms with E-state index in [4.69, 9.17) is 0 Å². The summed E-state index contributed by atoms with van der Waals surface area (Å²) in [6, 6.07) is 1.42. The van der Waals surface area contributed by atoms with Gasteiger partial charge in [0.25, 0.3) is 10.0 Å². The maximum absolute atomic E-state index is 11.5. The number of carbonyl (C=O) groups is 1. The van der Waals surface area contributed by atoms with E-state index in [9.17, 15) is 13.2 Å². The van der Waals surface area contributed by atoms with Crippen LogP contribution in [-0.2, 0) is 14.8 Å². The molecule has 5 nitrogen and oxygen atoms in total. The molecule has 0 aliphatic heterocycles. The average Bonchev–Trinajstić information content (AvgIpc) is 2.60. The van der Waals surface area contributed by atoms with Gasteiger partial charge in [0.2, 0.25) is 0 Å². The van der Waals surface area contributed by atoms with E-state index in [0.717, 1.165) is 11.3 Å². The highest BCUT2D eigenvalue weighted by Gasteiger charge is 2.22. The fourth-order valence-corrected chi connectivity index (χ4v) is 4.25. The minimum absolute atomic E-state index is 0.0606. The number of nitrogens with one attached hydrogen (secondary N) is 1. The van der Waals surface area contributed by atoms with Crippen LogP contribution in [0.5, 0.6) is 0 Å². The highest BCUT2D eigenvalue weighted by Crippen LogP contribution is 2.31. The zero-order chi connectivity index (χ0) is 11.6. The minimum atomic E-state index is -3.54. The van der Waals surface area contributed by atoms with Crippen molar-refractivity contribution >= 4 is 43.3 Å². The summed E-state index contributed by atoms with van der Waals surface area (Å²) in [5.41, 5.74) is 0. The SMILES string of the molecule is CNS(=O)(=O)c1sc(C(=O)OC)cc1Br. The van der Waals surface area contributed by atoms with Gasteiger partial charge in [-0.3, -0.25) is 0 Å². The molecule has 0 unspecified atom stereocenters. The normalized spacial score (nSPS) is 11.4. The monoisotopic (exact) mass is 313 g/mol. The van der Waals surface area contributed by atoms with Gasteiger partial charge >= 0.3 is 5.97 Å². The number of halogens is 1. The first-order valence-corrected chi connectivity index (χ1v) is 6.83. The predicted molar refractivity (Wildman–Crippen MR) is 59.6 cm³/mol. The summed E-state index contributed by atoms with van der Waals surface area (Å²) in [6.07, 6.45) is 0. The Bertz CT molecular complexity index is 479. The number of thiophene rings is 1. The molecule has 1 aromatic heterocycles. The van der Waals surface area contributed by atoms with Crippen molar-refractivity contribution in [1.29, 1.82) is 0 Å². The van der Waals surface area contributed by atoms with E-state index in [1.807, 2.05) is 0 Å². The lowest BCUT2D eigenvalue weighted by Crippen LogP contribution is -2.17. The van der Waals surface area contributed by atoms with Crippen molar-refractivity contribution in [2.75, 3.05) is 14.2 Å². The first kappa shape index (κ1) is 12.6. The summed E-state index contributed by atoms with van der Waals surface area (Å²) in [4.78, 5) is 11.4. The van der Waals surface area contributed by atoms with E-state index in [0.29, 0.717) is 4.47 Å². The highest BCUT2D eigenvalue weighted by molar-refractivity contribution is 9.10. The molecule has 84 valence electrons. The molecule has 0 fully saturated rings. The van der Waals surface area contributed by atoms with Crippen LogP contribution >= 0.6 is 27.3 Å².